The van der Waals surface area contributed by atoms with E-state index in [2.05, 4.69) is 4.99 Å². The van der Waals surface area contributed by atoms with E-state index in [1.54, 1.807) is 4.90 Å². The van der Waals surface area contributed by atoms with E-state index in [0.717, 1.165) is 29.5 Å². The molecule has 0 spiro atoms. The average molecular weight is 528 g/mol. The van der Waals surface area contributed by atoms with Crippen LogP contribution in [0.25, 0.3) is 0 Å². The number of anilines is 1. The van der Waals surface area contributed by atoms with Crippen molar-refractivity contribution in [3.8, 4) is 0 Å². The molecule has 1 aliphatic rings. The highest BCUT2D eigenvalue weighted by Crippen LogP contribution is 2.37. The van der Waals surface area contributed by atoms with E-state index in [9.17, 15) is 19.5 Å². The van der Waals surface area contributed by atoms with E-state index in [1.807, 2.05) is 78.9 Å². The Labute approximate surface area is 227 Å². The van der Waals surface area contributed by atoms with Crippen LogP contribution < -0.4 is 16.4 Å². The van der Waals surface area contributed by atoms with Gasteiger partial charge in [0, 0.05) is 13.1 Å². The van der Waals surface area contributed by atoms with Gasteiger partial charge in [-0.15, -0.1) is 0 Å². The molecule has 3 aromatic carbocycles. The van der Waals surface area contributed by atoms with Crippen molar-refractivity contribution in [3.63, 3.8) is 0 Å². The summed E-state index contributed by atoms with van der Waals surface area (Å²) in [5.74, 6) is -1.61. The zero-order chi connectivity index (χ0) is 27.8. The molecule has 0 unspecified atom stereocenters. The van der Waals surface area contributed by atoms with E-state index < -0.39 is 12.0 Å². The van der Waals surface area contributed by atoms with Gasteiger partial charge in [0.15, 0.2) is 5.96 Å². The van der Waals surface area contributed by atoms with Crippen LogP contribution in [-0.2, 0) is 16.0 Å². The van der Waals surface area contributed by atoms with Gasteiger partial charge in [-0.05, 0) is 48.1 Å². The number of carboxylic acid groups (broad SMARTS) is 1. The standard InChI is InChI=1S/C30H33N5O4/c31-30(32)33-17-8-7-9-21-14-15-25-24(19-21)29(39)34(18-16-27(37)38)20-26(36)35(25)28(22-10-3-1-4-11-22)23-12-5-2-6-13-23/h1-6,10-15,19,28H,7-9,16-18,20H2,(H,37,38)(H4,31,32,33). The van der Waals surface area contributed by atoms with Gasteiger partial charge in [0.2, 0.25) is 5.91 Å². The van der Waals surface area contributed by atoms with E-state index in [0.29, 0.717) is 24.2 Å². The van der Waals surface area contributed by atoms with Crippen molar-refractivity contribution in [2.75, 3.05) is 24.5 Å². The molecular weight excluding hydrogens is 494 g/mol. The first kappa shape index (κ1) is 27.4. The topological polar surface area (TPSA) is 142 Å². The predicted molar refractivity (Wildman–Crippen MR) is 150 cm³/mol. The molecule has 2 amide bonds. The summed E-state index contributed by atoms with van der Waals surface area (Å²) in [4.78, 5) is 46.0. The number of rotatable bonds is 11. The number of nitrogens with two attached hydrogens (primary N) is 2. The second-order valence-corrected chi connectivity index (χ2v) is 9.47. The number of aliphatic imine (C=N–C) groups is 1. The first-order valence-electron chi connectivity index (χ1n) is 13.0. The summed E-state index contributed by atoms with van der Waals surface area (Å²) in [7, 11) is 0. The summed E-state index contributed by atoms with van der Waals surface area (Å²) in [5.41, 5.74) is 14.4. The van der Waals surface area contributed by atoms with Gasteiger partial charge >= 0.3 is 5.97 Å². The number of carbonyl (C=O) groups excluding carboxylic acids is 2. The minimum Gasteiger partial charge on any atom is -0.481 e. The second kappa shape index (κ2) is 12.7. The lowest BCUT2D eigenvalue weighted by molar-refractivity contribution is -0.137. The molecule has 0 bridgehead atoms. The Bertz CT molecular complexity index is 1300. The number of amides is 2. The number of guanidine groups is 1. The van der Waals surface area contributed by atoms with Gasteiger partial charge < -0.3 is 21.5 Å². The summed E-state index contributed by atoms with van der Waals surface area (Å²) in [6.07, 6.45) is 2.04. The van der Waals surface area contributed by atoms with Crippen LogP contribution in [0.15, 0.2) is 83.9 Å². The third-order valence-electron chi connectivity index (χ3n) is 6.69. The molecule has 3 aromatic rings. The van der Waals surface area contributed by atoms with Crippen LogP contribution in [-0.4, -0.2) is 53.4 Å². The average Bonchev–Trinajstić information content (AvgIpc) is 3.03. The zero-order valence-electron chi connectivity index (χ0n) is 21.7. The summed E-state index contributed by atoms with van der Waals surface area (Å²) in [6.45, 7) is 0.245. The second-order valence-electron chi connectivity index (χ2n) is 9.47. The number of nitrogens with zero attached hydrogens (tertiary/aromatic N) is 3. The Morgan fingerprint density at radius 2 is 1.56 bits per heavy atom. The van der Waals surface area contributed by atoms with Crippen LogP contribution in [0, 0.1) is 0 Å². The van der Waals surface area contributed by atoms with Gasteiger partial charge in [-0.3, -0.25) is 24.3 Å². The smallest absolute Gasteiger partial charge is 0.305 e. The maximum atomic E-state index is 13.9. The van der Waals surface area contributed by atoms with Crippen molar-refractivity contribution in [2.45, 2.75) is 31.7 Å². The van der Waals surface area contributed by atoms with Crippen LogP contribution in [0.2, 0.25) is 0 Å². The van der Waals surface area contributed by atoms with Crippen molar-refractivity contribution in [2.24, 2.45) is 16.5 Å². The van der Waals surface area contributed by atoms with Crippen molar-refractivity contribution in [3.05, 3.63) is 101 Å². The maximum absolute atomic E-state index is 13.9. The fourth-order valence-corrected chi connectivity index (χ4v) is 4.84. The number of hydrogen-bond donors (Lipinski definition) is 3. The van der Waals surface area contributed by atoms with Crippen LogP contribution in [0.5, 0.6) is 0 Å². The molecule has 0 saturated carbocycles. The molecule has 9 heteroatoms. The molecule has 202 valence electrons. The highest BCUT2D eigenvalue weighted by Gasteiger charge is 2.36. The van der Waals surface area contributed by atoms with Crippen LogP contribution in [0.1, 0.15) is 52.4 Å². The van der Waals surface area contributed by atoms with Crippen LogP contribution >= 0.6 is 0 Å². The fourth-order valence-electron chi connectivity index (χ4n) is 4.84. The lowest BCUT2D eigenvalue weighted by Gasteiger charge is -2.33. The zero-order valence-corrected chi connectivity index (χ0v) is 21.7. The molecule has 0 saturated heterocycles. The predicted octanol–water partition coefficient (Wildman–Crippen LogP) is 3.34. The molecular formula is C30H33N5O4. The number of unbranched alkanes of at least 4 members (excludes halogenated alkanes) is 1. The first-order valence-corrected chi connectivity index (χ1v) is 13.0. The van der Waals surface area contributed by atoms with Crippen molar-refractivity contribution < 1.29 is 19.5 Å². The SMILES string of the molecule is NC(N)=NCCCCc1ccc2c(c1)C(=O)N(CCC(=O)O)CC(=O)N2C(c1ccccc1)c1ccccc1. The maximum Gasteiger partial charge on any atom is 0.305 e. The molecule has 0 aromatic heterocycles. The highest BCUT2D eigenvalue weighted by atomic mass is 16.4. The molecule has 39 heavy (non-hydrogen) atoms. The fraction of sp³-hybridized carbons (Fsp3) is 0.267. The minimum atomic E-state index is -1.03. The largest absolute Gasteiger partial charge is 0.481 e. The molecule has 4 rings (SSSR count). The summed E-state index contributed by atoms with van der Waals surface area (Å²) < 4.78 is 0. The Morgan fingerprint density at radius 1 is 0.923 bits per heavy atom. The minimum absolute atomic E-state index is 0.0583. The number of carboxylic acids is 1. The Morgan fingerprint density at radius 3 is 2.15 bits per heavy atom. The molecule has 1 aliphatic heterocycles. The number of fused-ring (bicyclic) bond motifs is 1. The van der Waals surface area contributed by atoms with Crippen LogP contribution in [0.4, 0.5) is 5.69 Å². The van der Waals surface area contributed by atoms with Crippen LogP contribution in [0.3, 0.4) is 0 Å². The summed E-state index contributed by atoms with van der Waals surface area (Å²) in [5, 5.41) is 9.26. The Hall–Kier alpha value is -4.66. The normalized spacial score (nSPS) is 13.3. The van der Waals surface area contributed by atoms with E-state index in [-0.39, 0.29) is 37.3 Å². The molecule has 1 heterocycles. The van der Waals surface area contributed by atoms with E-state index in [1.165, 1.54) is 4.90 Å². The summed E-state index contributed by atoms with van der Waals surface area (Å²) >= 11 is 0. The number of hydrogen-bond acceptors (Lipinski definition) is 4. The quantitative estimate of drug-likeness (QED) is 0.198. The van der Waals surface area contributed by atoms with Gasteiger partial charge in [-0.1, -0.05) is 66.7 Å². The molecule has 0 aliphatic carbocycles. The van der Waals surface area contributed by atoms with Gasteiger partial charge in [0.1, 0.15) is 6.54 Å². The van der Waals surface area contributed by atoms with Gasteiger partial charge in [-0.25, -0.2) is 0 Å². The van der Waals surface area contributed by atoms with Crippen molar-refractivity contribution in [1.29, 1.82) is 0 Å². The summed E-state index contributed by atoms with van der Waals surface area (Å²) in [6, 6.07) is 24.5. The molecule has 9 nitrogen and oxygen atoms in total. The molecule has 5 N–H and O–H groups in total. The Balaban J connectivity index is 1.77. The third-order valence-corrected chi connectivity index (χ3v) is 6.69. The van der Waals surface area contributed by atoms with Gasteiger partial charge in [-0.2, -0.15) is 0 Å². The molecule has 0 atom stereocenters. The van der Waals surface area contributed by atoms with E-state index in [4.69, 9.17) is 11.5 Å². The van der Waals surface area contributed by atoms with Gasteiger partial charge in [0.05, 0.1) is 23.7 Å². The lowest BCUT2D eigenvalue weighted by Crippen LogP contribution is -2.42. The lowest BCUT2D eigenvalue weighted by atomic mass is 9.95. The highest BCUT2D eigenvalue weighted by molar-refractivity contribution is 6.10. The number of aryl methyl sites for hydroxylation is 1. The molecule has 0 fully saturated rings. The first-order chi connectivity index (χ1) is 18.8. The van der Waals surface area contributed by atoms with E-state index >= 15 is 0 Å². The molecule has 0 radical (unpaired) electrons. The monoisotopic (exact) mass is 527 g/mol. The van der Waals surface area contributed by atoms with Crippen molar-refractivity contribution >= 4 is 29.4 Å². The Kier molecular flexibility index (Phi) is 8.94. The number of aliphatic carboxylic acids is 1. The number of carbonyl (C=O) groups is 3. The third kappa shape index (κ3) is 6.81. The van der Waals surface area contributed by atoms with Crippen molar-refractivity contribution in [1.82, 2.24) is 4.90 Å². The number of benzene rings is 3. The van der Waals surface area contributed by atoms with Gasteiger partial charge in [0.25, 0.3) is 5.91 Å².